The molecule has 2 heterocycles. The number of carbonyl (C=O) groups excluding carboxylic acids is 1. The summed E-state index contributed by atoms with van der Waals surface area (Å²) in [6.45, 7) is 5.66. The second-order valence-electron chi connectivity index (χ2n) is 5.10. The molecule has 1 aliphatic heterocycles. The zero-order valence-corrected chi connectivity index (χ0v) is 10.9. The topological polar surface area (TPSA) is 71.2 Å². The van der Waals surface area contributed by atoms with E-state index in [1.54, 1.807) is 13.1 Å². The molecule has 6 heteroatoms. The van der Waals surface area contributed by atoms with Crippen LogP contribution in [0, 0.1) is 5.92 Å². The number of aliphatic hydroxyl groups is 1. The molecule has 0 radical (unpaired) electrons. The molecule has 0 aromatic carbocycles. The molecule has 0 bridgehead atoms. The van der Waals surface area contributed by atoms with Gasteiger partial charge in [0, 0.05) is 13.1 Å². The second kappa shape index (κ2) is 5.48. The first-order chi connectivity index (χ1) is 8.56. The third kappa shape index (κ3) is 3.07. The van der Waals surface area contributed by atoms with Gasteiger partial charge < -0.3 is 10.0 Å². The van der Waals surface area contributed by atoms with Crippen molar-refractivity contribution in [3.05, 3.63) is 11.9 Å². The van der Waals surface area contributed by atoms with Crippen LogP contribution >= 0.6 is 0 Å². The third-order valence-electron chi connectivity index (χ3n) is 3.29. The van der Waals surface area contributed by atoms with Crippen LogP contribution in [0.3, 0.4) is 0 Å². The van der Waals surface area contributed by atoms with E-state index in [1.165, 1.54) is 11.1 Å². The van der Waals surface area contributed by atoms with Crippen molar-refractivity contribution in [1.82, 2.24) is 19.9 Å². The summed E-state index contributed by atoms with van der Waals surface area (Å²) in [5.74, 6) is 0.648. The van der Waals surface area contributed by atoms with E-state index in [0.717, 1.165) is 19.5 Å². The number of aliphatic hydroxyl groups excluding tert-OH is 1. The van der Waals surface area contributed by atoms with Crippen LogP contribution < -0.4 is 0 Å². The molecule has 0 aliphatic carbocycles. The Morgan fingerprint density at radius 1 is 1.67 bits per heavy atom. The van der Waals surface area contributed by atoms with Crippen molar-refractivity contribution in [2.24, 2.45) is 5.92 Å². The molecule has 1 aliphatic rings. The first kappa shape index (κ1) is 13.0. The summed E-state index contributed by atoms with van der Waals surface area (Å²) in [6, 6.07) is 0. The Bertz CT molecular complexity index is 416. The molecule has 0 saturated carbocycles. The van der Waals surface area contributed by atoms with Gasteiger partial charge in [-0.2, -0.15) is 0 Å². The number of piperidine rings is 1. The Labute approximate surface area is 107 Å². The summed E-state index contributed by atoms with van der Waals surface area (Å²) < 4.78 is 1.49. The Hall–Kier alpha value is -1.43. The highest BCUT2D eigenvalue weighted by atomic mass is 16.3. The lowest BCUT2D eigenvalue weighted by molar-refractivity contribution is -0.133. The van der Waals surface area contributed by atoms with Crippen molar-refractivity contribution in [2.75, 3.05) is 13.1 Å². The van der Waals surface area contributed by atoms with Crippen LogP contribution in [0.4, 0.5) is 0 Å². The van der Waals surface area contributed by atoms with Crippen molar-refractivity contribution in [3.63, 3.8) is 0 Å². The minimum absolute atomic E-state index is 0.0728. The summed E-state index contributed by atoms with van der Waals surface area (Å²) in [6.07, 6.45) is 3.24. The highest BCUT2D eigenvalue weighted by Crippen LogP contribution is 2.15. The van der Waals surface area contributed by atoms with Gasteiger partial charge in [-0.3, -0.25) is 4.79 Å². The molecule has 1 aromatic rings. The predicted molar refractivity (Wildman–Crippen MR) is 65.6 cm³/mol. The summed E-state index contributed by atoms with van der Waals surface area (Å²) >= 11 is 0. The van der Waals surface area contributed by atoms with Crippen LogP contribution in [-0.4, -0.2) is 44.0 Å². The Morgan fingerprint density at radius 2 is 2.44 bits per heavy atom. The van der Waals surface area contributed by atoms with Crippen LogP contribution in [0.5, 0.6) is 0 Å². The lowest BCUT2D eigenvalue weighted by Crippen LogP contribution is -2.40. The Kier molecular flexibility index (Phi) is 3.96. The second-order valence-corrected chi connectivity index (χ2v) is 5.10. The number of rotatable bonds is 3. The summed E-state index contributed by atoms with van der Waals surface area (Å²) in [7, 11) is 0. The smallest absolute Gasteiger partial charge is 0.244 e. The van der Waals surface area contributed by atoms with Gasteiger partial charge in [-0.25, -0.2) is 4.68 Å². The van der Waals surface area contributed by atoms with E-state index in [1.807, 2.05) is 4.90 Å². The maximum Gasteiger partial charge on any atom is 0.244 e. The standard InChI is InChI=1S/C12H20N4O2/c1-9-4-3-5-15(6-9)12(18)8-16-7-11(10(2)17)13-14-16/h7,9-10,17H,3-6,8H2,1-2H3. The van der Waals surface area contributed by atoms with Crippen LogP contribution in [0.1, 0.15) is 38.5 Å². The van der Waals surface area contributed by atoms with Crippen molar-refractivity contribution >= 4 is 5.91 Å². The predicted octanol–water partition coefficient (Wildman–Crippen LogP) is 0.590. The molecular weight excluding hydrogens is 232 g/mol. The number of nitrogens with zero attached hydrogens (tertiary/aromatic N) is 4. The molecule has 2 rings (SSSR count). The molecule has 1 saturated heterocycles. The summed E-state index contributed by atoms with van der Waals surface area (Å²) in [5, 5.41) is 17.0. The minimum Gasteiger partial charge on any atom is -0.387 e. The minimum atomic E-state index is -0.649. The molecule has 1 fully saturated rings. The molecule has 1 amide bonds. The van der Waals surface area contributed by atoms with Crippen molar-refractivity contribution in [3.8, 4) is 0 Å². The highest BCUT2D eigenvalue weighted by Gasteiger charge is 2.21. The number of amides is 1. The Morgan fingerprint density at radius 3 is 3.06 bits per heavy atom. The molecule has 2 unspecified atom stereocenters. The molecule has 6 nitrogen and oxygen atoms in total. The maximum atomic E-state index is 12.1. The summed E-state index contributed by atoms with van der Waals surface area (Å²) in [5.41, 5.74) is 0.495. The maximum absolute atomic E-state index is 12.1. The molecule has 18 heavy (non-hydrogen) atoms. The van der Waals surface area contributed by atoms with Gasteiger partial charge in [-0.1, -0.05) is 12.1 Å². The molecule has 2 atom stereocenters. The van der Waals surface area contributed by atoms with E-state index >= 15 is 0 Å². The first-order valence-corrected chi connectivity index (χ1v) is 6.42. The van der Waals surface area contributed by atoms with Crippen LogP contribution in [0.15, 0.2) is 6.20 Å². The van der Waals surface area contributed by atoms with E-state index in [-0.39, 0.29) is 12.5 Å². The van der Waals surface area contributed by atoms with Crippen LogP contribution in [0.2, 0.25) is 0 Å². The van der Waals surface area contributed by atoms with Gasteiger partial charge in [0.05, 0.1) is 12.3 Å². The normalized spacial score (nSPS) is 21.9. The fraction of sp³-hybridized carbons (Fsp3) is 0.750. The molecule has 1 N–H and O–H groups in total. The molecular formula is C12H20N4O2. The van der Waals surface area contributed by atoms with Crippen molar-refractivity contribution in [2.45, 2.75) is 39.3 Å². The number of likely N-dealkylation sites (tertiary alicyclic amines) is 1. The monoisotopic (exact) mass is 252 g/mol. The molecule has 0 spiro atoms. The molecule has 100 valence electrons. The van der Waals surface area contributed by atoms with Gasteiger partial charge in [-0.15, -0.1) is 5.10 Å². The number of hydrogen-bond acceptors (Lipinski definition) is 4. The van der Waals surface area contributed by atoms with Crippen molar-refractivity contribution in [1.29, 1.82) is 0 Å². The average Bonchev–Trinajstić information content (AvgIpc) is 2.77. The van der Waals surface area contributed by atoms with E-state index in [0.29, 0.717) is 11.6 Å². The van der Waals surface area contributed by atoms with E-state index in [4.69, 9.17) is 0 Å². The van der Waals surface area contributed by atoms with E-state index in [9.17, 15) is 9.90 Å². The Balaban J connectivity index is 1.93. The van der Waals surface area contributed by atoms with Gasteiger partial charge >= 0.3 is 0 Å². The lowest BCUT2D eigenvalue weighted by Gasteiger charge is -2.30. The zero-order valence-electron chi connectivity index (χ0n) is 10.9. The lowest BCUT2D eigenvalue weighted by atomic mass is 10.0. The molecule has 1 aromatic heterocycles. The van der Waals surface area contributed by atoms with E-state index in [2.05, 4.69) is 17.2 Å². The van der Waals surface area contributed by atoms with Crippen molar-refractivity contribution < 1.29 is 9.90 Å². The average molecular weight is 252 g/mol. The van der Waals surface area contributed by atoms with Gasteiger partial charge in [0.2, 0.25) is 5.91 Å². The fourth-order valence-electron chi connectivity index (χ4n) is 2.24. The zero-order chi connectivity index (χ0) is 13.1. The van der Waals surface area contributed by atoms with Gasteiger partial charge in [0.25, 0.3) is 0 Å². The largest absolute Gasteiger partial charge is 0.387 e. The first-order valence-electron chi connectivity index (χ1n) is 6.42. The quantitative estimate of drug-likeness (QED) is 0.854. The summed E-state index contributed by atoms with van der Waals surface area (Å²) in [4.78, 5) is 14.0. The SMILES string of the molecule is CC1CCCN(C(=O)Cn2cc(C(C)O)nn2)C1. The third-order valence-corrected chi connectivity index (χ3v) is 3.29. The van der Waals surface area contributed by atoms with Gasteiger partial charge in [0.1, 0.15) is 12.2 Å². The number of carbonyl (C=O) groups is 1. The highest BCUT2D eigenvalue weighted by molar-refractivity contribution is 5.76. The fourth-order valence-corrected chi connectivity index (χ4v) is 2.24. The van der Waals surface area contributed by atoms with Gasteiger partial charge in [-0.05, 0) is 25.7 Å². The van der Waals surface area contributed by atoms with Crippen LogP contribution in [-0.2, 0) is 11.3 Å². The van der Waals surface area contributed by atoms with Gasteiger partial charge in [0.15, 0.2) is 0 Å². The number of hydrogen-bond donors (Lipinski definition) is 1. The van der Waals surface area contributed by atoms with Crippen LogP contribution in [0.25, 0.3) is 0 Å². The van der Waals surface area contributed by atoms with E-state index < -0.39 is 6.10 Å². The number of aromatic nitrogens is 3.